The molecule has 0 aromatic heterocycles. The molecule has 1 aliphatic heterocycles. The molecule has 2 aromatic carbocycles. The summed E-state index contributed by atoms with van der Waals surface area (Å²) in [5.74, 6) is 1.18. The lowest BCUT2D eigenvalue weighted by atomic mass is 10.2. The van der Waals surface area contributed by atoms with E-state index in [4.69, 9.17) is 21.1 Å². The van der Waals surface area contributed by atoms with Crippen molar-refractivity contribution in [2.45, 2.75) is 18.9 Å². The Morgan fingerprint density at radius 2 is 1.86 bits per heavy atom. The van der Waals surface area contributed by atoms with Gasteiger partial charge in [-0.05, 0) is 42.8 Å². The fourth-order valence-electron chi connectivity index (χ4n) is 2.96. The Kier molecular flexibility index (Phi) is 6.87. The van der Waals surface area contributed by atoms with Crippen molar-refractivity contribution in [2.75, 3.05) is 30.3 Å². The second kappa shape index (κ2) is 9.37. The Bertz CT molecular complexity index is 950. The third-order valence-corrected chi connectivity index (χ3v) is 5.82. The average molecular weight is 439 g/mol. The van der Waals surface area contributed by atoms with Crippen LogP contribution in [-0.2, 0) is 14.8 Å². The predicted octanol–water partition coefficient (Wildman–Crippen LogP) is 2.84. The number of sulfonamides is 1. The summed E-state index contributed by atoms with van der Waals surface area (Å²) < 4.78 is 36.9. The molecule has 1 heterocycles. The first-order valence-corrected chi connectivity index (χ1v) is 11.4. The lowest BCUT2D eigenvalue weighted by Gasteiger charge is -2.26. The Balaban J connectivity index is 1.45. The Labute approximate surface area is 175 Å². The van der Waals surface area contributed by atoms with Gasteiger partial charge >= 0.3 is 0 Å². The molecular weight excluding hydrogens is 416 g/mol. The number of nitrogens with one attached hydrogen (secondary N) is 1. The number of carbonyl (C=O) groups excluding carboxylic acids is 1. The van der Waals surface area contributed by atoms with Gasteiger partial charge in [0, 0.05) is 18.0 Å². The van der Waals surface area contributed by atoms with Crippen LogP contribution in [0.1, 0.15) is 12.8 Å². The summed E-state index contributed by atoms with van der Waals surface area (Å²) in [4.78, 5) is 12.2. The molecule has 0 saturated heterocycles. The van der Waals surface area contributed by atoms with Crippen LogP contribution in [0.4, 0.5) is 5.69 Å². The topological polar surface area (TPSA) is 84.9 Å². The number of rotatable bonds is 8. The third-order valence-electron chi connectivity index (χ3n) is 4.37. The standard InChI is InChI=1S/C20H23ClN2O5S/c1-29(25,26)23(16-10-8-15(21)9-11-16)12-4-7-20(24)22-13-17-14-27-18-5-2-3-6-19(18)28-17/h2-3,5-6,8-11,17H,4,7,12-14H2,1H3,(H,22,24)/t17-/m1/s1. The van der Waals surface area contributed by atoms with Gasteiger partial charge in [-0.2, -0.15) is 0 Å². The van der Waals surface area contributed by atoms with Crippen LogP contribution >= 0.6 is 11.6 Å². The van der Waals surface area contributed by atoms with E-state index in [2.05, 4.69) is 5.32 Å². The molecule has 0 unspecified atom stereocenters. The number of fused-ring (bicyclic) bond motifs is 1. The SMILES string of the molecule is CS(=O)(=O)N(CCCC(=O)NC[C@@H]1COc2ccccc2O1)c1ccc(Cl)cc1. The van der Waals surface area contributed by atoms with E-state index in [-0.39, 0.29) is 25.0 Å². The van der Waals surface area contributed by atoms with Crippen LogP contribution in [0.2, 0.25) is 5.02 Å². The van der Waals surface area contributed by atoms with Crippen molar-refractivity contribution in [1.82, 2.24) is 5.32 Å². The first kappa shape index (κ1) is 21.3. The van der Waals surface area contributed by atoms with Gasteiger partial charge in [-0.3, -0.25) is 9.10 Å². The van der Waals surface area contributed by atoms with E-state index in [1.54, 1.807) is 24.3 Å². The minimum Gasteiger partial charge on any atom is -0.486 e. The van der Waals surface area contributed by atoms with Gasteiger partial charge in [0.1, 0.15) is 12.7 Å². The van der Waals surface area contributed by atoms with Gasteiger partial charge in [-0.1, -0.05) is 23.7 Å². The van der Waals surface area contributed by atoms with E-state index >= 15 is 0 Å². The van der Waals surface area contributed by atoms with E-state index in [1.807, 2.05) is 24.3 Å². The molecule has 1 amide bonds. The average Bonchev–Trinajstić information content (AvgIpc) is 2.69. The van der Waals surface area contributed by atoms with Gasteiger partial charge in [0.05, 0.1) is 18.5 Å². The van der Waals surface area contributed by atoms with Crippen LogP contribution in [0.25, 0.3) is 0 Å². The highest BCUT2D eigenvalue weighted by atomic mass is 35.5. The first-order chi connectivity index (χ1) is 13.8. The minimum absolute atomic E-state index is 0.169. The van der Waals surface area contributed by atoms with E-state index in [1.165, 1.54) is 4.31 Å². The highest BCUT2D eigenvalue weighted by Gasteiger charge is 2.21. The number of nitrogens with zero attached hydrogens (tertiary/aromatic N) is 1. The van der Waals surface area contributed by atoms with Crippen molar-refractivity contribution in [3.05, 3.63) is 53.6 Å². The molecule has 0 fully saturated rings. The van der Waals surface area contributed by atoms with Gasteiger partial charge in [-0.25, -0.2) is 8.42 Å². The molecule has 1 atom stereocenters. The molecule has 29 heavy (non-hydrogen) atoms. The largest absolute Gasteiger partial charge is 0.486 e. The van der Waals surface area contributed by atoms with Crippen molar-refractivity contribution in [3.63, 3.8) is 0 Å². The summed E-state index contributed by atoms with van der Waals surface area (Å²) in [5, 5.41) is 3.34. The third kappa shape index (κ3) is 6.01. The van der Waals surface area contributed by atoms with Crippen LogP contribution in [0.5, 0.6) is 11.5 Å². The number of hydrogen-bond donors (Lipinski definition) is 1. The summed E-state index contributed by atoms with van der Waals surface area (Å²) in [5.41, 5.74) is 0.517. The fourth-order valence-corrected chi connectivity index (χ4v) is 4.05. The van der Waals surface area contributed by atoms with Crippen LogP contribution in [0.3, 0.4) is 0 Å². The van der Waals surface area contributed by atoms with E-state index in [0.717, 1.165) is 6.26 Å². The maximum Gasteiger partial charge on any atom is 0.232 e. The quantitative estimate of drug-likeness (QED) is 0.685. The highest BCUT2D eigenvalue weighted by molar-refractivity contribution is 7.92. The number of halogens is 1. The van der Waals surface area contributed by atoms with Gasteiger partial charge in [0.2, 0.25) is 15.9 Å². The van der Waals surface area contributed by atoms with Crippen molar-refractivity contribution in [3.8, 4) is 11.5 Å². The highest BCUT2D eigenvalue weighted by Crippen LogP contribution is 2.30. The number of anilines is 1. The molecule has 0 saturated carbocycles. The lowest BCUT2D eigenvalue weighted by molar-refractivity contribution is -0.121. The maximum atomic E-state index is 12.2. The predicted molar refractivity (Wildman–Crippen MR) is 112 cm³/mol. The second-order valence-corrected chi connectivity index (χ2v) is 9.06. The van der Waals surface area contributed by atoms with Gasteiger partial charge in [-0.15, -0.1) is 0 Å². The van der Waals surface area contributed by atoms with Crippen molar-refractivity contribution in [1.29, 1.82) is 0 Å². The number of para-hydroxylation sites is 2. The molecule has 7 nitrogen and oxygen atoms in total. The molecule has 3 rings (SSSR count). The summed E-state index contributed by atoms with van der Waals surface area (Å²) in [6.45, 7) is 0.875. The summed E-state index contributed by atoms with van der Waals surface area (Å²) in [6.07, 6.45) is 1.45. The zero-order chi connectivity index (χ0) is 20.9. The molecule has 0 radical (unpaired) electrons. The molecule has 9 heteroatoms. The van der Waals surface area contributed by atoms with Gasteiger partial charge < -0.3 is 14.8 Å². The summed E-state index contributed by atoms with van der Waals surface area (Å²) >= 11 is 5.86. The Morgan fingerprint density at radius 1 is 1.17 bits per heavy atom. The molecule has 0 aliphatic carbocycles. The Hall–Kier alpha value is -2.45. The molecule has 1 N–H and O–H groups in total. The molecule has 2 aromatic rings. The first-order valence-electron chi connectivity index (χ1n) is 9.21. The monoisotopic (exact) mass is 438 g/mol. The Morgan fingerprint density at radius 3 is 2.55 bits per heavy atom. The number of hydrogen-bond acceptors (Lipinski definition) is 5. The summed E-state index contributed by atoms with van der Waals surface area (Å²) in [6, 6.07) is 13.9. The number of benzene rings is 2. The molecule has 0 bridgehead atoms. The van der Waals surface area contributed by atoms with Crippen molar-refractivity contribution in [2.24, 2.45) is 0 Å². The lowest BCUT2D eigenvalue weighted by Crippen LogP contribution is -2.41. The molecule has 0 spiro atoms. The van der Waals surface area contributed by atoms with Crippen molar-refractivity contribution < 1.29 is 22.7 Å². The van der Waals surface area contributed by atoms with Crippen LogP contribution in [0.15, 0.2) is 48.5 Å². The second-order valence-electron chi connectivity index (χ2n) is 6.72. The minimum atomic E-state index is -3.46. The molecule has 1 aliphatic rings. The van der Waals surface area contributed by atoms with E-state index in [9.17, 15) is 13.2 Å². The van der Waals surface area contributed by atoms with Gasteiger partial charge in [0.15, 0.2) is 11.5 Å². The number of amides is 1. The number of carbonyl (C=O) groups is 1. The zero-order valence-corrected chi connectivity index (χ0v) is 17.6. The molecule has 156 valence electrons. The maximum absolute atomic E-state index is 12.2. The van der Waals surface area contributed by atoms with Crippen molar-refractivity contribution >= 4 is 33.2 Å². The van der Waals surface area contributed by atoms with E-state index < -0.39 is 10.0 Å². The smallest absolute Gasteiger partial charge is 0.232 e. The summed E-state index contributed by atoms with van der Waals surface area (Å²) in [7, 11) is -3.46. The fraction of sp³-hybridized carbons (Fsp3) is 0.350. The molecular formula is C20H23ClN2O5S. The van der Waals surface area contributed by atoms with Crippen LogP contribution < -0.4 is 19.1 Å². The van der Waals surface area contributed by atoms with Crippen LogP contribution in [-0.4, -0.2) is 46.4 Å². The van der Waals surface area contributed by atoms with Crippen LogP contribution in [0, 0.1) is 0 Å². The number of ether oxygens (including phenoxy) is 2. The van der Waals surface area contributed by atoms with E-state index in [0.29, 0.717) is 41.8 Å². The normalized spacial score (nSPS) is 15.6. The zero-order valence-electron chi connectivity index (χ0n) is 16.0. The van der Waals surface area contributed by atoms with Gasteiger partial charge in [0.25, 0.3) is 0 Å².